The molecule has 2 fully saturated rings. The molecular weight excluding hydrogens is 356 g/mol. The number of rotatable bonds is 5. The molecule has 0 aromatic carbocycles. The molecule has 8 heteroatoms. The molecule has 2 aliphatic rings. The number of amides is 2. The summed E-state index contributed by atoms with van der Waals surface area (Å²) in [5.41, 5.74) is 0. The fourth-order valence-corrected chi connectivity index (χ4v) is 4.56. The lowest BCUT2D eigenvalue weighted by Gasteiger charge is -2.38. The first-order valence-electron chi connectivity index (χ1n) is 10.1. The molecule has 1 N–H and O–H groups in total. The fourth-order valence-electron chi connectivity index (χ4n) is 4.56. The van der Waals surface area contributed by atoms with Crippen LogP contribution in [0.3, 0.4) is 0 Å². The molecule has 4 rings (SSSR count). The number of fused-ring (bicyclic) bond motifs is 1. The highest BCUT2D eigenvalue weighted by atomic mass is 16.5. The summed E-state index contributed by atoms with van der Waals surface area (Å²) in [6, 6.07) is 0.224. The molecule has 1 saturated carbocycles. The highest BCUT2D eigenvalue weighted by molar-refractivity contribution is 5.74. The van der Waals surface area contributed by atoms with E-state index in [0.717, 1.165) is 44.7 Å². The van der Waals surface area contributed by atoms with Crippen molar-refractivity contribution in [1.82, 2.24) is 29.7 Å². The molecule has 4 atom stereocenters. The molecular formula is C20H28N6O2. The number of ether oxygens (including phenoxy) is 1. The quantitative estimate of drug-likeness (QED) is 0.856. The van der Waals surface area contributed by atoms with Gasteiger partial charge in [-0.2, -0.15) is 0 Å². The van der Waals surface area contributed by atoms with Gasteiger partial charge in [-0.3, -0.25) is 4.98 Å². The first-order valence-corrected chi connectivity index (χ1v) is 10.1. The highest BCUT2D eigenvalue weighted by Crippen LogP contribution is 2.42. The number of likely N-dealkylation sites (tertiary alicyclic amines) is 1. The van der Waals surface area contributed by atoms with Crippen molar-refractivity contribution in [1.29, 1.82) is 0 Å². The van der Waals surface area contributed by atoms with Crippen LogP contribution in [0.4, 0.5) is 4.79 Å². The van der Waals surface area contributed by atoms with Gasteiger partial charge in [-0.25, -0.2) is 14.8 Å². The number of imidazole rings is 1. The van der Waals surface area contributed by atoms with Crippen molar-refractivity contribution in [3.63, 3.8) is 0 Å². The smallest absolute Gasteiger partial charge is 0.317 e. The van der Waals surface area contributed by atoms with Crippen molar-refractivity contribution in [2.24, 2.45) is 11.8 Å². The van der Waals surface area contributed by atoms with E-state index in [1.165, 1.54) is 0 Å². The minimum atomic E-state index is -0.0236. The molecule has 0 spiro atoms. The number of urea groups is 1. The molecule has 28 heavy (non-hydrogen) atoms. The molecule has 2 aromatic heterocycles. The maximum Gasteiger partial charge on any atom is 0.317 e. The second-order valence-electron chi connectivity index (χ2n) is 7.78. The zero-order valence-corrected chi connectivity index (χ0v) is 16.5. The Balaban J connectivity index is 1.52. The zero-order valence-electron chi connectivity index (χ0n) is 16.5. The Morgan fingerprint density at radius 1 is 1.21 bits per heavy atom. The number of aromatic nitrogens is 4. The summed E-state index contributed by atoms with van der Waals surface area (Å²) in [6.07, 6.45) is 11.6. The van der Waals surface area contributed by atoms with Gasteiger partial charge in [0.25, 0.3) is 0 Å². The molecule has 0 unspecified atom stereocenters. The van der Waals surface area contributed by atoms with Gasteiger partial charge in [-0.05, 0) is 38.0 Å². The number of hydrogen-bond donors (Lipinski definition) is 1. The Kier molecular flexibility index (Phi) is 5.45. The largest absolute Gasteiger partial charge is 0.471 e. The Hall–Kier alpha value is -2.64. The lowest BCUT2D eigenvalue weighted by molar-refractivity contribution is 0.0501. The SMILES string of the molecule is CCCNC(=O)N1C[C@H]2C[C@H](Oc3cnccn3)[C@@H](n3ccnc3C)C[C@H]2C1. The van der Waals surface area contributed by atoms with E-state index in [1.807, 2.05) is 24.2 Å². The number of nitrogens with zero attached hydrogens (tertiary/aromatic N) is 5. The van der Waals surface area contributed by atoms with Crippen LogP contribution in [0.2, 0.25) is 0 Å². The topological polar surface area (TPSA) is 85.2 Å². The van der Waals surface area contributed by atoms with Gasteiger partial charge in [0.1, 0.15) is 11.9 Å². The van der Waals surface area contributed by atoms with E-state index in [1.54, 1.807) is 18.6 Å². The third kappa shape index (κ3) is 3.81. The van der Waals surface area contributed by atoms with Crippen LogP contribution in [0.15, 0.2) is 31.0 Å². The first kappa shape index (κ1) is 18.7. The molecule has 0 radical (unpaired) electrons. The van der Waals surface area contributed by atoms with Crippen molar-refractivity contribution in [2.75, 3.05) is 19.6 Å². The number of hydrogen-bond acceptors (Lipinski definition) is 5. The Labute approximate surface area is 165 Å². The van der Waals surface area contributed by atoms with Crippen molar-refractivity contribution >= 4 is 6.03 Å². The molecule has 0 bridgehead atoms. The predicted molar refractivity (Wildman–Crippen MR) is 104 cm³/mol. The second kappa shape index (κ2) is 8.16. The Bertz CT molecular complexity index is 795. The van der Waals surface area contributed by atoms with E-state index in [-0.39, 0.29) is 18.2 Å². The van der Waals surface area contributed by atoms with E-state index >= 15 is 0 Å². The molecule has 3 heterocycles. The van der Waals surface area contributed by atoms with Crippen LogP contribution in [0, 0.1) is 18.8 Å². The van der Waals surface area contributed by atoms with Gasteiger partial charge in [-0.15, -0.1) is 0 Å². The minimum absolute atomic E-state index is 0.0236. The van der Waals surface area contributed by atoms with Crippen LogP contribution >= 0.6 is 0 Å². The zero-order chi connectivity index (χ0) is 19.5. The maximum absolute atomic E-state index is 12.4. The summed E-state index contributed by atoms with van der Waals surface area (Å²) >= 11 is 0. The van der Waals surface area contributed by atoms with Gasteiger partial charge in [0, 0.05) is 44.4 Å². The Morgan fingerprint density at radius 3 is 2.71 bits per heavy atom. The van der Waals surface area contributed by atoms with Gasteiger partial charge < -0.3 is 19.5 Å². The van der Waals surface area contributed by atoms with E-state index in [2.05, 4.69) is 31.8 Å². The third-order valence-electron chi connectivity index (χ3n) is 5.93. The molecule has 8 nitrogen and oxygen atoms in total. The number of nitrogens with one attached hydrogen (secondary N) is 1. The number of aryl methyl sites for hydroxylation is 1. The summed E-state index contributed by atoms with van der Waals surface area (Å²) in [5, 5.41) is 3.01. The lowest BCUT2D eigenvalue weighted by Crippen LogP contribution is -2.40. The standard InChI is InChI=1S/C20H28N6O2/c1-3-4-24-20(27)25-12-15-9-17(26-8-7-22-14(26)2)18(10-16(15)13-25)28-19-11-21-5-6-23-19/h5-8,11,15-18H,3-4,9-10,12-13H2,1-2H3,(H,24,27)/t15-,16+,17-,18-/m0/s1. The third-order valence-corrected chi connectivity index (χ3v) is 5.93. The van der Waals surface area contributed by atoms with Crippen LogP contribution in [0.5, 0.6) is 5.88 Å². The van der Waals surface area contributed by atoms with E-state index in [0.29, 0.717) is 17.7 Å². The maximum atomic E-state index is 12.4. The molecule has 2 amide bonds. The van der Waals surface area contributed by atoms with Crippen LogP contribution < -0.4 is 10.1 Å². The van der Waals surface area contributed by atoms with Crippen molar-refractivity contribution in [2.45, 2.75) is 45.3 Å². The highest BCUT2D eigenvalue weighted by Gasteiger charge is 2.45. The first-order chi connectivity index (χ1) is 13.7. The monoisotopic (exact) mass is 384 g/mol. The summed E-state index contributed by atoms with van der Waals surface area (Å²) in [6.45, 7) is 6.40. The average Bonchev–Trinajstić information content (AvgIpc) is 3.32. The van der Waals surface area contributed by atoms with Crippen LogP contribution in [-0.2, 0) is 0 Å². The van der Waals surface area contributed by atoms with E-state index < -0.39 is 0 Å². The summed E-state index contributed by atoms with van der Waals surface area (Å²) in [7, 11) is 0. The normalized spacial score (nSPS) is 26.7. The van der Waals surface area contributed by atoms with Crippen LogP contribution in [0.1, 0.15) is 38.1 Å². The van der Waals surface area contributed by atoms with Crippen molar-refractivity contribution in [3.05, 3.63) is 36.8 Å². The summed E-state index contributed by atoms with van der Waals surface area (Å²) < 4.78 is 8.48. The van der Waals surface area contributed by atoms with Gasteiger partial charge in [0.2, 0.25) is 5.88 Å². The molecule has 1 saturated heterocycles. The average molecular weight is 384 g/mol. The van der Waals surface area contributed by atoms with Gasteiger partial charge in [-0.1, -0.05) is 6.92 Å². The molecule has 150 valence electrons. The summed E-state index contributed by atoms with van der Waals surface area (Å²) in [5.74, 6) is 2.44. The molecule has 2 aromatic rings. The molecule has 1 aliphatic heterocycles. The van der Waals surface area contributed by atoms with E-state index in [4.69, 9.17) is 4.74 Å². The Morgan fingerprint density at radius 2 is 2.04 bits per heavy atom. The lowest BCUT2D eigenvalue weighted by atomic mass is 9.77. The van der Waals surface area contributed by atoms with Gasteiger partial charge in [0.15, 0.2) is 0 Å². The number of carbonyl (C=O) groups is 1. The molecule has 1 aliphatic carbocycles. The van der Waals surface area contributed by atoms with Gasteiger partial charge >= 0.3 is 6.03 Å². The van der Waals surface area contributed by atoms with Crippen molar-refractivity contribution < 1.29 is 9.53 Å². The predicted octanol–water partition coefficient (Wildman–Crippen LogP) is 2.43. The van der Waals surface area contributed by atoms with Crippen molar-refractivity contribution in [3.8, 4) is 5.88 Å². The fraction of sp³-hybridized carbons (Fsp3) is 0.600. The minimum Gasteiger partial charge on any atom is -0.471 e. The van der Waals surface area contributed by atoms with Crippen LogP contribution in [-0.4, -0.2) is 56.2 Å². The second-order valence-corrected chi connectivity index (χ2v) is 7.78. The van der Waals surface area contributed by atoms with Crippen LogP contribution in [0.25, 0.3) is 0 Å². The van der Waals surface area contributed by atoms with Gasteiger partial charge in [0.05, 0.1) is 12.2 Å². The van der Waals surface area contributed by atoms with E-state index in [9.17, 15) is 4.79 Å². The number of carbonyl (C=O) groups excluding carboxylic acids is 1. The summed E-state index contributed by atoms with van der Waals surface area (Å²) in [4.78, 5) is 27.2.